The van der Waals surface area contributed by atoms with Gasteiger partial charge in [0.15, 0.2) is 0 Å². The molecule has 1 aromatic heterocycles. The summed E-state index contributed by atoms with van der Waals surface area (Å²) >= 11 is 0. The van der Waals surface area contributed by atoms with Gasteiger partial charge in [0.1, 0.15) is 11.9 Å². The van der Waals surface area contributed by atoms with E-state index >= 15 is 0 Å². The van der Waals surface area contributed by atoms with Gasteiger partial charge in [-0.15, -0.1) is 0 Å². The van der Waals surface area contributed by atoms with Crippen LogP contribution in [0, 0.1) is 10.1 Å². The highest BCUT2D eigenvalue weighted by atomic mass is 16.6. The van der Waals surface area contributed by atoms with E-state index in [4.69, 9.17) is 4.74 Å². The molecule has 1 heterocycles. The van der Waals surface area contributed by atoms with E-state index in [-0.39, 0.29) is 17.5 Å². The van der Waals surface area contributed by atoms with E-state index < -0.39 is 4.92 Å². The van der Waals surface area contributed by atoms with Gasteiger partial charge < -0.3 is 4.74 Å². The Morgan fingerprint density at radius 1 is 1.00 bits per heavy atom. The number of hydrogen-bond donors (Lipinski definition) is 1. The molecule has 3 aromatic carbocycles. The first-order valence-electron chi connectivity index (χ1n) is 9.29. The predicted molar refractivity (Wildman–Crippen MR) is 116 cm³/mol. The minimum Gasteiger partial charge on any atom is -0.439 e. The Morgan fingerprint density at radius 2 is 1.77 bits per heavy atom. The van der Waals surface area contributed by atoms with Crippen molar-refractivity contribution in [1.29, 1.82) is 0 Å². The third-order valence-corrected chi connectivity index (χ3v) is 4.43. The van der Waals surface area contributed by atoms with Crippen LogP contribution in [0.4, 0.5) is 5.69 Å². The summed E-state index contributed by atoms with van der Waals surface area (Å²) in [7, 11) is 0. The zero-order valence-corrected chi connectivity index (χ0v) is 16.1. The molecule has 0 bridgehead atoms. The molecule has 0 spiro atoms. The highest BCUT2D eigenvalue weighted by molar-refractivity contribution is 5.98. The fourth-order valence-electron chi connectivity index (χ4n) is 2.84. The van der Waals surface area contributed by atoms with Gasteiger partial charge in [0.25, 0.3) is 11.6 Å². The molecule has 0 aliphatic carbocycles. The maximum absolute atomic E-state index is 12.3. The number of carbonyl (C=O) groups is 1. The third kappa shape index (κ3) is 4.88. The lowest BCUT2D eigenvalue weighted by atomic mass is 10.1. The number of carbonyl (C=O) groups excluding carboxylic acids is 1. The Morgan fingerprint density at radius 3 is 2.48 bits per heavy atom. The van der Waals surface area contributed by atoms with E-state index in [2.05, 4.69) is 15.5 Å². The van der Waals surface area contributed by atoms with Crippen LogP contribution in [-0.2, 0) is 0 Å². The minimum absolute atomic E-state index is 0.107. The van der Waals surface area contributed by atoms with E-state index in [1.54, 1.807) is 30.3 Å². The molecule has 0 radical (unpaired) electrons. The normalized spacial score (nSPS) is 10.8. The lowest BCUT2D eigenvalue weighted by Gasteiger charge is -2.04. The van der Waals surface area contributed by atoms with Gasteiger partial charge in [-0.2, -0.15) is 5.10 Å². The number of fused-ring (bicyclic) bond motifs is 1. The van der Waals surface area contributed by atoms with Crippen LogP contribution in [0.3, 0.4) is 0 Å². The molecule has 0 aliphatic heterocycles. The summed E-state index contributed by atoms with van der Waals surface area (Å²) in [4.78, 5) is 26.3. The molecule has 1 N–H and O–H groups in total. The molecule has 4 aromatic rings. The van der Waals surface area contributed by atoms with Crippen molar-refractivity contribution in [2.45, 2.75) is 0 Å². The molecule has 152 valence electrons. The van der Waals surface area contributed by atoms with Crippen LogP contribution in [-0.4, -0.2) is 22.0 Å². The van der Waals surface area contributed by atoms with Crippen molar-refractivity contribution >= 4 is 28.6 Å². The fourth-order valence-corrected chi connectivity index (χ4v) is 2.84. The first-order valence-corrected chi connectivity index (χ1v) is 9.29. The van der Waals surface area contributed by atoms with Crippen LogP contribution in [0.1, 0.15) is 15.9 Å². The molecule has 1 amide bonds. The second kappa shape index (κ2) is 8.83. The van der Waals surface area contributed by atoms with Crippen molar-refractivity contribution in [3.05, 3.63) is 106 Å². The van der Waals surface area contributed by atoms with Gasteiger partial charge >= 0.3 is 0 Å². The first-order chi connectivity index (χ1) is 15.1. The van der Waals surface area contributed by atoms with Gasteiger partial charge in [-0.05, 0) is 52.7 Å². The zero-order chi connectivity index (χ0) is 21.6. The number of aromatic nitrogens is 1. The second-order valence-electron chi connectivity index (χ2n) is 6.54. The molecule has 0 unspecified atom stereocenters. The molecule has 4 rings (SSSR count). The van der Waals surface area contributed by atoms with E-state index in [1.807, 2.05) is 36.4 Å². The van der Waals surface area contributed by atoms with Gasteiger partial charge in [0, 0.05) is 17.7 Å². The Labute approximate surface area is 177 Å². The number of amides is 1. The lowest BCUT2D eigenvalue weighted by molar-refractivity contribution is -0.385. The number of hydrazone groups is 1. The summed E-state index contributed by atoms with van der Waals surface area (Å²) in [5.74, 6) is 0.458. The number of rotatable bonds is 6. The van der Waals surface area contributed by atoms with Crippen LogP contribution in [0.2, 0.25) is 0 Å². The molecule has 0 saturated heterocycles. The molecule has 8 nitrogen and oxygen atoms in total. The average molecular weight is 412 g/mol. The summed E-state index contributed by atoms with van der Waals surface area (Å²) in [6.45, 7) is 0. The number of benzene rings is 3. The first kappa shape index (κ1) is 19.7. The van der Waals surface area contributed by atoms with E-state index in [0.717, 1.165) is 22.5 Å². The number of nitro groups is 1. The van der Waals surface area contributed by atoms with Gasteiger partial charge in [0.05, 0.1) is 11.1 Å². The van der Waals surface area contributed by atoms with Crippen LogP contribution < -0.4 is 10.2 Å². The average Bonchev–Trinajstić information content (AvgIpc) is 2.80. The number of ether oxygens (including phenoxy) is 1. The number of nitrogens with one attached hydrogen (secondary N) is 1. The number of hydrogen-bond acceptors (Lipinski definition) is 6. The molecular weight excluding hydrogens is 396 g/mol. The second-order valence-corrected chi connectivity index (χ2v) is 6.54. The summed E-state index contributed by atoms with van der Waals surface area (Å²) in [5, 5.41) is 16.7. The summed E-state index contributed by atoms with van der Waals surface area (Å²) < 4.78 is 5.56. The summed E-state index contributed by atoms with van der Waals surface area (Å²) in [6.07, 6.45) is 2.65. The van der Waals surface area contributed by atoms with Gasteiger partial charge in [-0.1, -0.05) is 30.3 Å². The highest BCUT2D eigenvalue weighted by Gasteiger charge is 2.07. The lowest BCUT2D eigenvalue weighted by Crippen LogP contribution is -2.17. The molecule has 0 aliphatic rings. The molecule has 31 heavy (non-hydrogen) atoms. The van der Waals surface area contributed by atoms with Crippen LogP contribution in [0.5, 0.6) is 11.6 Å². The maximum atomic E-state index is 12.3. The van der Waals surface area contributed by atoms with Crippen molar-refractivity contribution in [1.82, 2.24) is 10.4 Å². The third-order valence-electron chi connectivity index (χ3n) is 4.43. The Hall–Kier alpha value is -4.59. The zero-order valence-electron chi connectivity index (χ0n) is 16.1. The van der Waals surface area contributed by atoms with Crippen molar-refractivity contribution in [2.24, 2.45) is 5.10 Å². The summed E-state index contributed by atoms with van der Waals surface area (Å²) in [5.41, 5.74) is 3.68. The van der Waals surface area contributed by atoms with Gasteiger partial charge in [-0.25, -0.2) is 10.4 Å². The highest BCUT2D eigenvalue weighted by Crippen LogP contribution is 2.21. The number of nitrogens with zero attached hydrogens (tertiary/aromatic N) is 3. The van der Waals surface area contributed by atoms with Gasteiger partial charge in [0.2, 0.25) is 5.88 Å². The Balaban J connectivity index is 1.35. The maximum Gasteiger partial charge on any atom is 0.287 e. The quantitative estimate of drug-likeness (QED) is 0.281. The van der Waals surface area contributed by atoms with Crippen molar-refractivity contribution < 1.29 is 14.5 Å². The molecule has 0 saturated carbocycles. The van der Waals surface area contributed by atoms with Crippen molar-refractivity contribution in [3.63, 3.8) is 0 Å². The predicted octanol–water partition coefficient (Wildman–Crippen LogP) is 4.70. The molecular formula is C23H16N4O4. The van der Waals surface area contributed by atoms with E-state index in [0.29, 0.717) is 11.3 Å². The van der Waals surface area contributed by atoms with Crippen LogP contribution in [0.25, 0.3) is 10.8 Å². The van der Waals surface area contributed by atoms with Crippen molar-refractivity contribution in [3.8, 4) is 11.6 Å². The SMILES string of the molecule is O=C(NN=Cc1ccc(Oc2ccc([N+](=O)[O-])cn2)cc1)c1ccc2ccccc2c1. The Kier molecular flexibility index (Phi) is 5.62. The molecule has 0 fully saturated rings. The fraction of sp³-hybridized carbons (Fsp3) is 0. The molecule has 8 heteroatoms. The Bertz CT molecular complexity index is 1270. The monoisotopic (exact) mass is 412 g/mol. The minimum atomic E-state index is -0.524. The van der Waals surface area contributed by atoms with Crippen LogP contribution >= 0.6 is 0 Å². The van der Waals surface area contributed by atoms with Crippen LogP contribution in [0.15, 0.2) is 90.2 Å². The van der Waals surface area contributed by atoms with Gasteiger partial charge in [-0.3, -0.25) is 14.9 Å². The largest absolute Gasteiger partial charge is 0.439 e. The topological polar surface area (TPSA) is 107 Å². The summed E-state index contributed by atoms with van der Waals surface area (Å²) in [6, 6.07) is 22.9. The van der Waals surface area contributed by atoms with Crippen molar-refractivity contribution in [2.75, 3.05) is 0 Å². The standard InChI is InChI=1S/C23H16N4O4/c28-23(19-8-7-17-3-1-2-4-18(17)13-19)26-25-14-16-5-10-21(11-6-16)31-22-12-9-20(15-24-22)27(29)30/h1-15H,(H,26,28). The van der Waals surface area contributed by atoms with E-state index in [9.17, 15) is 14.9 Å². The molecule has 0 atom stereocenters. The smallest absolute Gasteiger partial charge is 0.287 e. The number of pyridine rings is 1. The van der Waals surface area contributed by atoms with E-state index in [1.165, 1.54) is 18.3 Å².